The molecule has 0 bridgehead atoms. The van der Waals surface area contributed by atoms with Crippen molar-refractivity contribution in [1.82, 2.24) is 10.0 Å². The maximum absolute atomic E-state index is 12.2. The predicted octanol–water partition coefficient (Wildman–Crippen LogP) is 1.93. The van der Waals surface area contributed by atoms with Crippen LogP contribution in [-0.2, 0) is 16.6 Å². The first kappa shape index (κ1) is 14.0. The van der Waals surface area contributed by atoms with Gasteiger partial charge in [-0.05, 0) is 31.9 Å². The Morgan fingerprint density at radius 1 is 1.44 bits per heavy atom. The van der Waals surface area contributed by atoms with Crippen molar-refractivity contribution in [2.75, 3.05) is 7.05 Å². The Kier molecular flexibility index (Phi) is 4.42. The lowest BCUT2D eigenvalue weighted by Crippen LogP contribution is -2.36. The predicted molar refractivity (Wildman–Crippen MR) is 74.2 cm³/mol. The number of nitrogens with one attached hydrogen (secondary N) is 2. The second-order valence-corrected chi connectivity index (χ2v) is 7.62. The standard InChI is InChI=1S/C12H20N2O2S2/c1-9-4-3-5-12(9)14-18(15,16)11-6-10(7-13-2)17-8-11/h6,8-9,12-14H,3-5,7H2,1-2H3. The molecule has 4 nitrogen and oxygen atoms in total. The van der Waals surface area contributed by atoms with E-state index in [0.717, 1.165) is 24.1 Å². The van der Waals surface area contributed by atoms with Crippen molar-refractivity contribution in [3.05, 3.63) is 16.3 Å². The summed E-state index contributed by atoms with van der Waals surface area (Å²) in [5.41, 5.74) is 0. The molecule has 102 valence electrons. The summed E-state index contributed by atoms with van der Waals surface area (Å²) < 4.78 is 27.3. The molecule has 0 aliphatic heterocycles. The van der Waals surface area contributed by atoms with Crippen molar-refractivity contribution in [3.8, 4) is 0 Å². The van der Waals surface area contributed by atoms with Crippen LogP contribution in [0.2, 0.25) is 0 Å². The number of rotatable bonds is 5. The minimum absolute atomic E-state index is 0.0997. The molecule has 6 heteroatoms. The fraction of sp³-hybridized carbons (Fsp3) is 0.667. The highest BCUT2D eigenvalue weighted by molar-refractivity contribution is 7.89. The summed E-state index contributed by atoms with van der Waals surface area (Å²) in [6.07, 6.45) is 3.18. The SMILES string of the molecule is CNCc1cc(S(=O)(=O)NC2CCCC2C)cs1. The second kappa shape index (κ2) is 5.69. The van der Waals surface area contributed by atoms with Gasteiger partial charge in [0.25, 0.3) is 0 Å². The smallest absolute Gasteiger partial charge is 0.241 e. The molecular weight excluding hydrogens is 268 g/mol. The van der Waals surface area contributed by atoms with Crippen LogP contribution in [0.3, 0.4) is 0 Å². The van der Waals surface area contributed by atoms with Crippen LogP contribution in [0, 0.1) is 5.92 Å². The molecule has 0 saturated heterocycles. The number of sulfonamides is 1. The van der Waals surface area contributed by atoms with Gasteiger partial charge in [0.15, 0.2) is 0 Å². The summed E-state index contributed by atoms with van der Waals surface area (Å²) in [4.78, 5) is 1.44. The number of hydrogen-bond acceptors (Lipinski definition) is 4. The van der Waals surface area contributed by atoms with E-state index < -0.39 is 10.0 Å². The van der Waals surface area contributed by atoms with Crippen LogP contribution in [0.15, 0.2) is 16.3 Å². The van der Waals surface area contributed by atoms with Gasteiger partial charge in [-0.25, -0.2) is 13.1 Å². The van der Waals surface area contributed by atoms with Gasteiger partial charge in [0.2, 0.25) is 10.0 Å². The Balaban J connectivity index is 2.09. The molecule has 2 unspecified atom stereocenters. The molecule has 1 aromatic heterocycles. The van der Waals surface area contributed by atoms with Crippen LogP contribution in [0.25, 0.3) is 0 Å². The highest BCUT2D eigenvalue weighted by Crippen LogP contribution is 2.27. The highest BCUT2D eigenvalue weighted by atomic mass is 32.2. The lowest BCUT2D eigenvalue weighted by molar-refractivity contribution is 0.476. The number of thiophene rings is 1. The third-order valence-corrected chi connectivity index (χ3v) is 6.01. The van der Waals surface area contributed by atoms with Crippen molar-refractivity contribution < 1.29 is 8.42 Å². The summed E-state index contributed by atoms with van der Waals surface area (Å²) in [6, 6.07) is 1.85. The van der Waals surface area contributed by atoms with E-state index in [1.807, 2.05) is 7.05 Å². The molecule has 0 spiro atoms. The summed E-state index contributed by atoms with van der Waals surface area (Å²) in [6.45, 7) is 2.82. The first-order valence-electron chi connectivity index (χ1n) is 6.27. The van der Waals surface area contributed by atoms with E-state index >= 15 is 0 Å². The first-order chi connectivity index (χ1) is 8.53. The zero-order valence-corrected chi connectivity index (χ0v) is 12.4. The lowest BCUT2D eigenvalue weighted by Gasteiger charge is -2.16. The van der Waals surface area contributed by atoms with Crippen molar-refractivity contribution in [1.29, 1.82) is 0 Å². The van der Waals surface area contributed by atoms with Gasteiger partial charge in [-0.15, -0.1) is 11.3 Å². The fourth-order valence-corrected chi connectivity index (χ4v) is 5.02. The Morgan fingerprint density at radius 2 is 2.22 bits per heavy atom. The molecule has 2 atom stereocenters. The average molecular weight is 288 g/mol. The van der Waals surface area contributed by atoms with Gasteiger partial charge < -0.3 is 5.32 Å². The molecule has 2 N–H and O–H groups in total. The van der Waals surface area contributed by atoms with Crippen molar-refractivity contribution in [3.63, 3.8) is 0 Å². The van der Waals surface area contributed by atoms with E-state index in [-0.39, 0.29) is 6.04 Å². The van der Waals surface area contributed by atoms with Crippen LogP contribution in [0.4, 0.5) is 0 Å². The van der Waals surface area contributed by atoms with Crippen LogP contribution in [-0.4, -0.2) is 21.5 Å². The third kappa shape index (κ3) is 3.12. The summed E-state index contributed by atoms with van der Waals surface area (Å²) in [5.74, 6) is 0.440. The van der Waals surface area contributed by atoms with Gasteiger partial charge in [-0.2, -0.15) is 0 Å². The Labute approximate surface area is 113 Å². The molecule has 1 saturated carbocycles. The summed E-state index contributed by atoms with van der Waals surface area (Å²) in [5, 5.41) is 4.74. The quantitative estimate of drug-likeness (QED) is 0.870. The molecule has 1 fully saturated rings. The van der Waals surface area contributed by atoms with Crippen molar-refractivity contribution >= 4 is 21.4 Å². The van der Waals surface area contributed by atoms with E-state index in [2.05, 4.69) is 17.0 Å². The van der Waals surface area contributed by atoms with E-state index in [9.17, 15) is 8.42 Å². The zero-order chi connectivity index (χ0) is 13.2. The fourth-order valence-electron chi connectivity index (χ4n) is 2.36. The highest BCUT2D eigenvalue weighted by Gasteiger charge is 2.28. The second-order valence-electron chi connectivity index (χ2n) is 4.92. The lowest BCUT2D eigenvalue weighted by atomic mass is 10.1. The number of hydrogen-bond donors (Lipinski definition) is 2. The molecule has 1 aliphatic carbocycles. The summed E-state index contributed by atoms with van der Waals surface area (Å²) in [7, 11) is -1.49. The maximum Gasteiger partial charge on any atom is 0.241 e. The minimum atomic E-state index is -3.34. The molecule has 1 aromatic rings. The van der Waals surface area contributed by atoms with E-state index in [0.29, 0.717) is 17.4 Å². The average Bonchev–Trinajstić information content (AvgIpc) is 2.90. The zero-order valence-electron chi connectivity index (χ0n) is 10.8. The van der Waals surface area contributed by atoms with Gasteiger partial charge in [0.05, 0.1) is 4.90 Å². The minimum Gasteiger partial charge on any atom is -0.315 e. The molecule has 0 amide bonds. The van der Waals surface area contributed by atoms with E-state index in [1.165, 1.54) is 11.3 Å². The van der Waals surface area contributed by atoms with Crippen LogP contribution >= 0.6 is 11.3 Å². The maximum atomic E-state index is 12.2. The third-order valence-electron chi connectivity index (χ3n) is 3.46. The van der Waals surface area contributed by atoms with Crippen LogP contribution in [0.5, 0.6) is 0 Å². The molecular formula is C12H20N2O2S2. The van der Waals surface area contributed by atoms with E-state index in [1.54, 1.807) is 11.4 Å². The summed E-state index contributed by atoms with van der Waals surface area (Å²) >= 11 is 1.48. The van der Waals surface area contributed by atoms with Gasteiger partial charge in [0.1, 0.15) is 0 Å². The molecule has 0 radical (unpaired) electrons. The Bertz CT molecular complexity index is 496. The molecule has 1 aliphatic rings. The Morgan fingerprint density at radius 3 is 2.83 bits per heavy atom. The van der Waals surface area contributed by atoms with Crippen molar-refractivity contribution in [2.24, 2.45) is 5.92 Å². The van der Waals surface area contributed by atoms with Gasteiger partial charge in [-0.1, -0.05) is 13.3 Å². The van der Waals surface area contributed by atoms with Crippen LogP contribution < -0.4 is 10.0 Å². The van der Waals surface area contributed by atoms with E-state index in [4.69, 9.17) is 0 Å². The monoisotopic (exact) mass is 288 g/mol. The normalized spacial score (nSPS) is 24.6. The molecule has 18 heavy (non-hydrogen) atoms. The largest absolute Gasteiger partial charge is 0.315 e. The van der Waals surface area contributed by atoms with Gasteiger partial charge >= 0.3 is 0 Å². The van der Waals surface area contributed by atoms with Gasteiger partial charge in [-0.3, -0.25) is 0 Å². The Hall–Kier alpha value is -0.430. The molecule has 0 aromatic carbocycles. The van der Waals surface area contributed by atoms with Crippen LogP contribution in [0.1, 0.15) is 31.1 Å². The molecule has 1 heterocycles. The van der Waals surface area contributed by atoms with Gasteiger partial charge in [0, 0.05) is 22.8 Å². The first-order valence-corrected chi connectivity index (χ1v) is 8.63. The topological polar surface area (TPSA) is 58.2 Å². The molecule has 2 rings (SSSR count). The van der Waals surface area contributed by atoms with Crippen molar-refractivity contribution in [2.45, 2.75) is 43.7 Å².